The van der Waals surface area contributed by atoms with Gasteiger partial charge in [0.05, 0.1) is 66.8 Å². The summed E-state index contributed by atoms with van der Waals surface area (Å²) in [7, 11) is 0. The second kappa shape index (κ2) is 16.2. The van der Waals surface area contributed by atoms with Gasteiger partial charge in [0.2, 0.25) is 11.8 Å². The molecule has 17 heteroatoms. The van der Waals surface area contributed by atoms with Crippen molar-refractivity contribution >= 4 is 41.1 Å². The van der Waals surface area contributed by atoms with Crippen molar-refractivity contribution in [2.45, 2.75) is 102 Å². The van der Waals surface area contributed by atoms with Crippen LogP contribution in [-0.4, -0.2) is 96.5 Å². The van der Waals surface area contributed by atoms with Crippen LogP contribution in [-0.2, 0) is 32.8 Å². The van der Waals surface area contributed by atoms with E-state index in [-0.39, 0.29) is 59.9 Å². The number of ether oxygens (including phenoxy) is 1. The Morgan fingerprint density at radius 2 is 1.65 bits per heavy atom. The summed E-state index contributed by atoms with van der Waals surface area (Å²) in [5.74, 6) is -0.372. The highest BCUT2D eigenvalue weighted by molar-refractivity contribution is 6.25. The smallest absolute Gasteiger partial charge is 0.264 e. The van der Waals surface area contributed by atoms with Gasteiger partial charge in [-0.2, -0.15) is 5.10 Å². The van der Waals surface area contributed by atoms with Crippen molar-refractivity contribution in [2.75, 3.05) is 25.1 Å². The fourth-order valence-electron chi connectivity index (χ4n) is 10.7. The monoisotopic (exact) mass is 844 g/mol. The van der Waals surface area contributed by atoms with E-state index in [0.29, 0.717) is 42.2 Å². The predicted molar refractivity (Wildman–Crippen MR) is 224 cm³/mol. The summed E-state index contributed by atoms with van der Waals surface area (Å²) >= 11 is 0. The van der Waals surface area contributed by atoms with Crippen molar-refractivity contribution in [3.8, 4) is 5.69 Å². The van der Waals surface area contributed by atoms with E-state index < -0.39 is 29.7 Å². The molecule has 5 fully saturated rings. The Kier molecular flexibility index (Phi) is 10.8. The van der Waals surface area contributed by atoms with Crippen molar-refractivity contribution in [1.29, 1.82) is 0 Å². The molecule has 2 aromatic heterocycles. The molecule has 6 amide bonds. The molecule has 1 unspecified atom stereocenters. The van der Waals surface area contributed by atoms with E-state index in [1.54, 1.807) is 47.4 Å². The number of piperidine rings is 1. The molecule has 4 aromatic rings. The number of nitrogens with zero attached hydrogens (tertiary/aromatic N) is 6. The maximum atomic E-state index is 13.9. The third-order valence-corrected chi connectivity index (χ3v) is 13.0. The van der Waals surface area contributed by atoms with Gasteiger partial charge in [0.15, 0.2) is 0 Å². The number of carbonyl (C=O) groups excluding carboxylic acids is 6. The first-order valence-electron chi connectivity index (χ1n) is 21.6. The lowest BCUT2D eigenvalue weighted by Gasteiger charge is -2.56. The summed E-state index contributed by atoms with van der Waals surface area (Å²) in [5, 5.41) is 24.8. The van der Waals surface area contributed by atoms with Crippen molar-refractivity contribution in [2.24, 2.45) is 17.8 Å². The van der Waals surface area contributed by atoms with E-state index in [0.717, 1.165) is 53.3 Å². The highest BCUT2D eigenvalue weighted by Crippen LogP contribution is 2.55. The zero-order valence-corrected chi connectivity index (χ0v) is 35.2. The summed E-state index contributed by atoms with van der Waals surface area (Å²) < 4.78 is 9.20. The number of amides is 6. The van der Waals surface area contributed by atoms with Gasteiger partial charge in [-0.3, -0.25) is 39.0 Å². The number of hydrogen-bond donors (Lipinski definition) is 4. The number of aromatic nitrogens is 5. The number of anilines is 1. The number of hydrogen-bond acceptors (Lipinski definition) is 11. The molecule has 4 aliphatic carbocycles. The average molecular weight is 845 g/mol. The molecule has 17 nitrogen and oxygen atoms in total. The highest BCUT2D eigenvalue weighted by Gasteiger charge is 2.52. The van der Waals surface area contributed by atoms with E-state index in [1.165, 1.54) is 19.3 Å². The van der Waals surface area contributed by atoms with Gasteiger partial charge >= 0.3 is 0 Å². The minimum absolute atomic E-state index is 0.0492. The Labute approximate surface area is 358 Å². The van der Waals surface area contributed by atoms with Crippen LogP contribution in [0.1, 0.15) is 125 Å². The summed E-state index contributed by atoms with van der Waals surface area (Å²) in [4.78, 5) is 78.4. The fraction of sp³-hybridized carbons (Fsp3) is 0.489. The summed E-state index contributed by atoms with van der Waals surface area (Å²) in [5.41, 5.74) is 3.59. The Morgan fingerprint density at radius 1 is 0.919 bits per heavy atom. The number of benzene rings is 2. The SMILES string of the molecule is CC(C)(C)c1c(C(=O)NC23CC4CC(CC(C4)C2)C3)cnn1-c1ccc(C(=O)NCc2cn(CCOCCNc3cccc4c3C(=O)N(C3CCC(=O)NC3=O)C4=O)nn2)cc1. The van der Waals surface area contributed by atoms with E-state index >= 15 is 0 Å². The van der Waals surface area contributed by atoms with Crippen molar-refractivity contribution in [1.82, 2.24) is 45.6 Å². The minimum Gasteiger partial charge on any atom is -0.382 e. The van der Waals surface area contributed by atoms with E-state index in [4.69, 9.17) is 9.84 Å². The highest BCUT2D eigenvalue weighted by atomic mass is 16.5. The van der Waals surface area contributed by atoms with Crippen LogP contribution in [0.3, 0.4) is 0 Å². The van der Waals surface area contributed by atoms with Gasteiger partial charge in [-0.1, -0.05) is 32.1 Å². The zero-order chi connectivity index (χ0) is 43.3. The van der Waals surface area contributed by atoms with Crippen LogP contribution in [0.2, 0.25) is 0 Å². The molecule has 4 saturated carbocycles. The minimum atomic E-state index is -1.04. The normalized spacial score (nSPS) is 24.0. The molecule has 4 bridgehead atoms. The summed E-state index contributed by atoms with van der Waals surface area (Å²) in [6.45, 7) is 7.78. The first kappa shape index (κ1) is 41.1. The Bertz CT molecular complexity index is 2410. The second-order valence-electron chi connectivity index (χ2n) is 18.6. The van der Waals surface area contributed by atoms with Crippen LogP contribution >= 0.6 is 0 Å². The Hall–Kier alpha value is -6.23. The van der Waals surface area contributed by atoms with Crippen LogP contribution in [0, 0.1) is 17.8 Å². The molecular weight excluding hydrogens is 793 g/mol. The van der Waals surface area contributed by atoms with Gasteiger partial charge in [0.1, 0.15) is 11.7 Å². The third kappa shape index (κ3) is 8.00. The molecule has 4 N–H and O–H groups in total. The molecule has 2 aliphatic heterocycles. The molecule has 6 aliphatic rings. The standard InChI is InChI=1S/C45H52N10O7/c1-44(2,3)38-33(40(58)50-45-20-26-17-27(21-45)19-28(18-26)22-45)24-48-55(38)31-9-7-29(8-10-31)39(57)47-23-30-25-53(52-51-30)14-16-62-15-13-46-34-6-4-5-32-37(34)43(61)54(42(32)60)35-11-12-36(56)49-41(35)59/h4-10,24-28,35,46H,11-23H2,1-3H3,(H,47,57)(H,50,58)(H,49,56,59). The average Bonchev–Trinajstić information content (AvgIpc) is 3.95. The van der Waals surface area contributed by atoms with Crippen molar-refractivity contribution in [3.05, 3.63) is 88.5 Å². The van der Waals surface area contributed by atoms with E-state index in [2.05, 4.69) is 52.4 Å². The molecule has 2 aromatic carbocycles. The van der Waals surface area contributed by atoms with Gasteiger partial charge in [-0.15, -0.1) is 5.10 Å². The quantitative estimate of drug-likeness (QED) is 0.106. The Morgan fingerprint density at radius 3 is 2.34 bits per heavy atom. The Balaban J connectivity index is 0.735. The van der Waals surface area contributed by atoms with Crippen LogP contribution in [0.4, 0.5) is 5.69 Å². The molecule has 62 heavy (non-hydrogen) atoms. The largest absolute Gasteiger partial charge is 0.382 e. The van der Waals surface area contributed by atoms with E-state index in [9.17, 15) is 28.8 Å². The summed E-state index contributed by atoms with van der Waals surface area (Å²) in [6.07, 6.45) is 10.7. The zero-order valence-electron chi connectivity index (χ0n) is 35.2. The van der Waals surface area contributed by atoms with Gasteiger partial charge in [-0.25, -0.2) is 9.36 Å². The molecule has 0 spiro atoms. The number of imide groups is 2. The molecular formula is C45H52N10O7. The van der Waals surface area contributed by atoms with Gasteiger partial charge in [0.25, 0.3) is 23.6 Å². The lowest BCUT2D eigenvalue weighted by molar-refractivity contribution is -0.136. The molecule has 324 valence electrons. The van der Waals surface area contributed by atoms with Crippen molar-refractivity contribution < 1.29 is 33.5 Å². The maximum absolute atomic E-state index is 13.9. The first-order chi connectivity index (χ1) is 29.7. The third-order valence-electron chi connectivity index (χ3n) is 13.0. The van der Waals surface area contributed by atoms with Gasteiger partial charge < -0.3 is 20.7 Å². The fourth-order valence-corrected chi connectivity index (χ4v) is 10.7. The maximum Gasteiger partial charge on any atom is 0.264 e. The molecule has 1 saturated heterocycles. The molecule has 10 rings (SSSR count). The first-order valence-corrected chi connectivity index (χ1v) is 21.6. The van der Waals surface area contributed by atoms with Crippen LogP contribution in [0.25, 0.3) is 5.69 Å². The van der Waals surface area contributed by atoms with Crippen molar-refractivity contribution in [3.63, 3.8) is 0 Å². The predicted octanol–water partition coefficient (Wildman–Crippen LogP) is 3.92. The molecule has 1 atom stereocenters. The molecule has 0 radical (unpaired) electrons. The lowest BCUT2D eigenvalue weighted by atomic mass is 9.53. The number of carbonyl (C=O) groups is 6. The lowest BCUT2D eigenvalue weighted by Crippen LogP contribution is -2.59. The topological polar surface area (TPSA) is 212 Å². The van der Waals surface area contributed by atoms with E-state index in [1.807, 2.05) is 16.8 Å². The van der Waals surface area contributed by atoms with Gasteiger partial charge in [-0.05, 0) is 99.1 Å². The number of fused-ring (bicyclic) bond motifs is 1. The van der Waals surface area contributed by atoms with Crippen LogP contribution in [0.5, 0.6) is 0 Å². The number of rotatable bonds is 14. The summed E-state index contributed by atoms with van der Waals surface area (Å²) in [6, 6.07) is 11.0. The second-order valence-corrected chi connectivity index (χ2v) is 18.6. The van der Waals surface area contributed by atoms with Gasteiger partial charge in [0, 0.05) is 35.2 Å². The molecule has 4 heterocycles. The van der Waals surface area contributed by atoms with Crippen LogP contribution in [0.15, 0.2) is 54.9 Å². The van der Waals surface area contributed by atoms with Crippen LogP contribution < -0.4 is 21.3 Å². The number of nitrogens with one attached hydrogen (secondary N) is 4.